The smallest absolute Gasteiger partial charge is 0.306 e. The van der Waals surface area contributed by atoms with E-state index in [0.717, 1.165) is 10.0 Å². The second-order valence-electron chi connectivity index (χ2n) is 5.20. The minimum Gasteiger partial charge on any atom is -0.456 e. The predicted molar refractivity (Wildman–Crippen MR) is 93.2 cm³/mol. The van der Waals surface area contributed by atoms with Crippen molar-refractivity contribution in [2.45, 2.75) is 19.3 Å². The van der Waals surface area contributed by atoms with Gasteiger partial charge in [0, 0.05) is 4.47 Å². The number of hydrogen-bond donors (Lipinski definition) is 1. The molecule has 0 aliphatic carbocycles. The van der Waals surface area contributed by atoms with Crippen LogP contribution in [-0.4, -0.2) is 18.5 Å². The van der Waals surface area contributed by atoms with E-state index < -0.39 is 0 Å². The highest BCUT2D eigenvalue weighted by Gasteiger charge is 2.14. The average molecular weight is 376 g/mol. The Morgan fingerprint density at radius 2 is 1.74 bits per heavy atom. The van der Waals surface area contributed by atoms with Gasteiger partial charge in [-0.3, -0.25) is 9.59 Å². The number of para-hydroxylation sites is 1. The molecule has 0 spiro atoms. The monoisotopic (exact) mass is 375 g/mol. The minimum atomic E-state index is -0.386. The van der Waals surface area contributed by atoms with Crippen LogP contribution in [0.5, 0.6) is 0 Å². The van der Waals surface area contributed by atoms with E-state index in [-0.39, 0.29) is 30.8 Å². The molecular weight excluding hydrogens is 358 g/mol. The number of nitrogens with one attached hydrogen (secondary N) is 1. The van der Waals surface area contributed by atoms with Crippen molar-refractivity contribution in [3.05, 3.63) is 64.6 Å². The summed E-state index contributed by atoms with van der Waals surface area (Å²) in [6, 6.07) is 17.0. The van der Waals surface area contributed by atoms with Crippen LogP contribution in [0.25, 0.3) is 0 Å². The number of carbonyl (C=O) groups excluding carboxylic acids is 2. The highest BCUT2D eigenvalue weighted by atomic mass is 79.9. The van der Waals surface area contributed by atoms with Gasteiger partial charge in [0.05, 0.1) is 12.1 Å². The summed E-state index contributed by atoms with van der Waals surface area (Å²) >= 11 is 3.34. The molecule has 1 atom stereocenters. The van der Waals surface area contributed by atoms with Crippen molar-refractivity contribution in [1.29, 1.82) is 0 Å². The van der Waals surface area contributed by atoms with Gasteiger partial charge in [0.15, 0.2) is 6.61 Å². The topological polar surface area (TPSA) is 55.4 Å². The van der Waals surface area contributed by atoms with Gasteiger partial charge in [0.1, 0.15) is 0 Å². The Hall–Kier alpha value is -2.14. The van der Waals surface area contributed by atoms with Crippen molar-refractivity contribution in [2.75, 3.05) is 11.9 Å². The molecule has 2 rings (SSSR count). The fourth-order valence-electron chi connectivity index (χ4n) is 2.10. The SMILES string of the molecule is CC(CC(=O)OCC(=O)Nc1ccccc1Br)c1ccccc1. The Bertz CT molecular complexity index is 673. The van der Waals surface area contributed by atoms with Crippen LogP contribution in [0.4, 0.5) is 5.69 Å². The van der Waals surface area contributed by atoms with Crippen molar-refractivity contribution in [3.63, 3.8) is 0 Å². The largest absolute Gasteiger partial charge is 0.456 e. The zero-order chi connectivity index (χ0) is 16.7. The Kier molecular flexibility index (Phi) is 6.35. The number of halogens is 1. The van der Waals surface area contributed by atoms with E-state index in [0.29, 0.717) is 5.69 Å². The molecule has 4 nitrogen and oxygen atoms in total. The van der Waals surface area contributed by atoms with Crippen LogP contribution in [0, 0.1) is 0 Å². The molecule has 0 fully saturated rings. The maximum atomic E-state index is 11.8. The standard InChI is InChI=1S/C18H18BrNO3/c1-13(14-7-3-2-4-8-14)11-18(22)23-12-17(21)20-16-10-6-5-9-15(16)19/h2-10,13H,11-12H2,1H3,(H,20,21). The second-order valence-corrected chi connectivity index (χ2v) is 6.06. The number of carbonyl (C=O) groups is 2. The van der Waals surface area contributed by atoms with Gasteiger partial charge in [-0.2, -0.15) is 0 Å². The summed E-state index contributed by atoms with van der Waals surface area (Å²) in [5.74, 6) is -0.698. The molecule has 1 amide bonds. The number of anilines is 1. The number of hydrogen-bond acceptors (Lipinski definition) is 3. The molecule has 0 aliphatic heterocycles. The molecule has 5 heteroatoms. The third-order valence-corrected chi connectivity index (χ3v) is 4.05. The van der Waals surface area contributed by atoms with Crippen LogP contribution < -0.4 is 5.32 Å². The van der Waals surface area contributed by atoms with E-state index in [1.807, 2.05) is 55.5 Å². The highest BCUT2D eigenvalue weighted by molar-refractivity contribution is 9.10. The molecule has 1 unspecified atom stereocenters. The Labute approximate surface area is 144 Å². The number of rotatable bonds is 6. The number of ether oxygens (including phenoxy) is 1. The lowest BCUT2D eigenvalue weighted by Gasteiger charge is -2.12. The van der Waals surface area contributed by atoms with Crippen LogP contribution in [0.15, 0.2) is 59.1 Å². The summed E-state index contributed by atoms with van der Waals surface area (Å²) in [4.78, 5) is 23.7. The molecule has 0 radical (unpaired) electrons. The zero-order valence-corrected chi connectivity index (χ0v) is 14.4. The van der Waals surface area contributed by atoms with Gasteiger partial charge >= 0.3 is 5.97 Å². The van der Waals surface area contributed by atoms with Gasteiger partial charge in [-0.15, -0.1) is 0 Å². The van der Waals surface area contributed by atoms with Crippen LogP contribution in [0.2, 0.25) is 0 Å². The molecular formula is C18H18BrNO3. The Balaban J connectivity index is 1.78. The molecule has 0 bridgehead atoms. The first-order chi connectivity index (χ1) is 11.1. The first-order valence-electron chi connectivity index (χ1n) is 7.31. The van der Waals surface area contributed by atoms with Crippen molar-refractivity contribution in [3.8, 4) is 0 Å². The lowest BCUT2D eigenvalue weighted by molar-refractivity contribution is -0.147. The highest BCUT2D eigenvalue weighted by Crippen LogP contribution is 2.21. The van der Waals surface area contributed by atoms with Gasteiger partial charge < -0.3 is 10.1 Å². The summed E-state index contributed by atoms with van der Waals surface area (Å²) in [7, 11) is 0. The van der Waals surface area contributed by atoms with E-state index in [1.54, 1.807) is 6.07 Å². The van der Waals surface area contributed by atoms with Gasteiger partial charge in [-0.25, -0.2) is 0 Å². The average Bonchev–Trinajstić information content (AvgIpc) is 2.56. The lowest BCUT2D eigenvalue weighted by Crippen LogP contribution is -2.21. The van der Waals surface area contributed by atoms with E-state index in [9.17, 15) is 9.59 Å². The van der Waals surface area contributed by atoms with Crippen molar-refractivity contribution < 1.29 is 14.3 Å². The zero-order valence-electron chi connectivity index (χ0n) is 12.8. The molecule has 0 aromatic heterocycles. The Morgan fingerprint density at radius 3 is 2.43 bits per heavy atom. The predicted octanol–water partition coefficient (Wildman–Crippen LogP) is 4.12. The van der Waals surface area contributed by atoms with Crippen LogP contribution in [0.3, 0.4) is 0 Å². The molecule has 2 aromatic rings. The first kappa shape index (κ1) is 17.2. The van der Waals surface area contributed by atoms with Crippen LogP contribution in [0.1, 0.15) is 24.8 Å². The third kappa shape index (κ3) is 5.53. The minimum absolute atomic E-state index is 0.0510. The Morgan fingerprint density at radius 1 is 1.09 bits per heavy atom. The summed E-state index contributed by atoms with van der Waals surface area (Å²) in [5.41, 5.74) is 1.72. The van der Waals surface area contributed by atoms with E-state index in [2.05, 4.69) is 21.2 Å². The lowest BCUT2D eigenvalue weighted by atomic mass is 9.98. The molecule has 0 heterocycles. The van der Waals surface area contributed by atoms with E-state index in [1.165, 1.54) is 0 Å². The molecule has 0 saturated carbocycles. The van der Waals surface area contributed by atoms with Gasteiger partial charge in [-0.1, -0.05) is 49.4 Å². The van der Waals surface area contributed by atoms with E-state index in [4.69, 9.17) is 4.74 Å². The molecule has 23 heavy (non-hydrogen) atoms. The maximum absolute atomic E-state index is 11.8. The molecule has 2 aromatic carbocycles. The molecule has 1 N–H and O–H groups in total. The van der Waals surface area contributed by atoms with Gasteiger partial charge in [-0.05, 0) is 39.5 Å². The molecule has 0 aliphatic rings. The number of benzene rings is 2. The fourth-order valence-corrected chi connectivity index (χ4v) is 2.49. The maximum Gasteiger partial charge on any atom is 0.306 e. The van der Waals surface area contributed by atoms with Crippen molar-refractivity contribution in [1.82, 2.24) is 0 Å². The van der Waals surface area contributed by atoms with Crippen LogP contribution in [-0.2, 0) is 14.3 Å². The quantitative estimate of drug-likeness (QED) is 0.772. The summed E-state index contributed by atoms with van der Waals surface area (Å²) in [6.45, 7) is 1.67. The van der Waals surface area contributed by atoms with E-state index >= 15 is 0 Å². The normalized spacial score (nSPS) is 11.6. The van der Waals surface area contributed by atoms with Gasteiger partial charge in [0.2, 0.25) is 0 Å². The molecule has 120 valence electrons. The van der Waals surface area contributed by atoms with Crippen molar-refractivity contribution in [2.24, 2.45) is 0 Å². The van der Waals surface area contributed by atoms with Crippen molar-refractivity contribution >= 4 is 33.5 Å². The summed E-state index contributed by atoms with van der Waals surface area (Å²) in [5, 5.41) is 2.69. The van der Waals surface area contributed by atoms with Crippen LogP contribution >= 0.6 is 15.9 Å². The fraction of sp³-hybridized carbons (Fsp3) is 0.222. The second kappa shape index (κ2) is 8.48. The number of amides is 1. The summed E-state index contributed by atoms with van der Waals surface area (Å²) in [6.07, 6.45) is 0.242. The third-order valence-electron chi connectivity index (χ3n) is 3.35. The number of esters is 1. The summed E-state index contributed by atoms with van der Waals surface area (Å²) < 4.78 is 5.82. The van der Waals surface area contributed by atoms with Gasteiger partial charge in [0.25, 0.3) is 5.91 Å². The molecule has 0 saturated heterocycles. The first-order valence-corrected chi connectivity index (χ1v) is 8.10.